The van der Waals surface area contributed by atoms with Gasteiger partial charge >= 0.3 is 0 Å². The van der Waals surface area contributed by atoms with Crippen LogP contribution in [0.25, 0.3) is 27.5 Å². The Morgan fingerprint density at radius 2 is 1.48 bits per heavy atom. The molecule has 0 amide bonds. The summed E-state index contributed by atoms with van der Waals surface area (Å²) in [5, 5.41) is 3.25. The largest absolute Gasteiger partial charge is 0.308 e. The molecule has 0 aliphatic carbocycles. The molecule has 102 valence electrons. The molecule has 0 atom stereocenters. The summed E-state index contributed by atoms with van der Waals surface area (Å²) < 4.78 is 3.36. The third kappa shape index (κ3) is 1.98. The molecule has 4 rings (SSSR count). The molecule has 1 aromatic heterocycles. The van der Waals surface area contributed by atoms with Gasteiger partial charge in [-0.2, -0.15) is 0 Å². The molecular formula is C18H11BrClN. The lowest BCUT2D eigenvalue weighted by molar-refractivity contribution is 1.18. The van der Waals surface area contributed by atoms with Crippen LogP contribution in [-0.2, 0) is 0 Å². The van der Waals surface area contributed by atoms with Crippen molar-refractivity contribution in [1.82, 2.24) is 4.57 Å². The number of nitrogens with zero attached hydrogens (tertiary/aromatic N) is 1. The van der Waals surface area contributed by atoms with Gasteiger partial charge < -0.3 is 4.57 Å². The molecule has 1 heterocycles. The number of fused-ring (bicyclic) bond motifs is 3. The van der Waals surface area contributed by atoms with Gasteiger partial charge in [-0.3, -0.25) is 0 Å². The van der Waals surface area contributed by atoms with Gasteiger partial charge in [-0.25, -0.2) is 0 Å². The van der Waals surface area contributed by atoms with Crippen molar-refractivity contribution in [2.75, 3.05) is 0 Å². The van der Waals surface area contributed by atoms with Crippen LogP contribution in [0.3, 0.4) is 0 Å². The number of rotatable bonds is 1. The van der Waals surface area contributed by atoms with Crippen molar-refractivity contribution in [2.24, 2.45) is 0 Å². The van der Waals surface area contributed by atoms with E-state index in [-0.39, 0.29) is 0 Å². The van der Waals surface area contributed by atoms with Gasteiger partial charge in [-0.05, 0) is 52.3 Å². The maximum Gasteiger partial charge on any atom is 0.0683 e. The van der Waals surface area contributed by atoms with Gasteiger partial charge in [0.25, 0.3) is 0 Å². The second kappa shape index (κ2) is 4.90. The van der Waals surface area contributed by atoms with Crippen molar-refractivity contribution in [3.8, 4) is 5.69 Å². The highest BCUT2D eigenvalue weighted by molar-refractivity contribution is 9.10. The SMILES string of the molecule is Clc1ccc(-n2c3ccccc3c3cccc(Br)c32)cc1. The number of para-hydroxylation sites is 2. The Hall–Kier alpha value is -1.77. The van der Waals surface area contributed by atoms with E-state index >= 15 is 0 Å². The number of benzene rings is 3. The van der Waals surface area contributed by atoms with Crippen molar-refractivity contribution in [3.63, 3.8) is 0 Å². The van der Waals surface area contributed by atoms with Gasteiger partial charge in [0.15, 0.2) is 0 Å². The Balaban J connectivity index is 2.21. The first kappa shape index (κ1) is 12.9. The molecular weight excluding hydrogens is 346 g/mol. The van der Waals surface area contributed by atoms with E-state index in [1.165, 1.54) is 21.8 Å². The number of hydrogen-bond donors (Lipinski definition) is 0. The minimum absolute atomic E-state index is 0.749. The predicted octanol–water partition coefficient (Wildman–Crippen LogP) is 6.20. The van der Waals surface area contributed by atoms with Crippen LogP contribution < -0.4 is 0 Å². The topological polar surface area (TPSA) is 4.93 Å². The van der Waals surface area contributed by atoms with Crippen molar-refractivity contribution in [2.45, 2.75) is 0 Å². The van der Waals surface area contributed by atoms with E-state index in [1.54, 1.807) is 0 Å². The van der Waals surface area contributed by atoms with Crippen LogP contribution in [0, 0.1) is 0 Å². The molecule has 0 saturated carbocycles. The summed E-state index contributed by atoms with van der Waals surface area (Å²) in [5.41, 5.74) is 3.49. The maximum absolute atomic E-state index is 6.02. The van der Waals surface area contributed by atoms with Crippen LogP contribution in [0.15, 0.2) is 71.2 Å². The standard InChI is InChI=1S/C18H11BrClN/c19-16-6-3-5-15-14-4-1-2-7-17(14)21(18(15)16)13-10-8-12(20)9-11-13/h1-11H. The second-order valence-corrected chi connectivity index (χ2v) is 6.26. The van der Waals surface area contributed by atoms with E-state index in [1.807, 2.05) is 24.3 Å². The summed E-state index contributed by atoms with van der Waals surface area (Å²) in [7, 11) is 0. The lowest BCUT2D eigenvalue weighted by atomic mass is 10.2. The molecule has 3 heteroatoms. The molecule has 1 nitrogen and oxygen atoms in total. The highest BCUT2D eigenvalue weighted by Gasteiger charge is 2.13. The first-order chi connectivity index (χ1) is 10.3. The van der Waals surface area contributed by atoms with Gasteiger partial charge in [-0.15, -0.1) is 0 Å². The Labute approximate surface area is 135 Å². The van der Waals surface area contributed by atoms with Gasteiger partial charge in [0.1, 0.15) is 0 Å². The number of hydrogen-bond acceptors (Lipinski definition) is 0. The second-order valence-electron chi connectivity index (χ2n) is 4.96. The van der Waals surface area contributed by atoms with Gasteiger partial charge in [-0.1, -0.05) is 41.9 Å². The molecule has 0 N–H and O–H groups in total. The number of halogens is 2. The van der Waals surface area contributed by atoms with E-state index in [0.29, 0.717) is 0 Å². The van der Waals surface area contributed by atoms with Crippen molar-refractivity contribution in [1.29, 1.82) is 0 Å². The van der Waals surface area contributed by atoms with Crippen LogP contribution >= 0.6 is 27.5 Å². The average molecular weight is 357 g/mol. The fourth-order valence-electron chi connectivity index (χ4n) is 2.84. The Bertz CT molecular complexity index is 954. The smallest absolute Gasteiger partial charge is 0.0683 e. The molecule has 0 spiro atoms. The van der Waals surface area contributed by atoms with Crippen LogP contribution in [0.2, 0.25) is 5.02 Å². The van der Waals surface area contributed by atoms with Crippen molar-refractivity contribution < 1.29 is 0 Å². The van der Waals surface area contributed by atoms with E-state index in [9.17, 15) is 0 Å². The molecule has 0 saturated heterocycles. The molecule has 3 aromatic carbocycles. The molecule has 21 heavy (non-hydrogen) atoms. The molecule has 0 radical (unpaired) electrons. The van der Waals surface area contributed by atoms with E-state index in [2.05, 4.69) is 63.0 Å². The molecule has 4 aromatic rings. The van der Waals surface area contributed by atoms with Crippen LogP contribution in [0.5, 0.6) is 0 Å². The zero-order valence-corrected chi connectivity index (χ0v) is 13.4. The normalized spacial score (nSPS) is 11.3. The van der Waals surface area contributed by atoms with Crippen molar-refractivity contribution >= 4 is 49.3 Å². The summed E-state index contributed by atoms with van der Waals surface area (Å²) in [4.78, 5) is 0. The lowest BCUT2D eigenvalue weighted by Crippen LogP contribution is -1.93. The van der Waals surface area contributed by atoms with Gasteiger partial charge in [0, 0.05) is 26.0 Å². The summed E-state index contributed by atoms with van der Waals surface area (Å²) >= 11 is 9.71. The summed E-state index contributed by atoms with van der Waals surface area (Å²) in [6.45, 7) is 0. The summed E-state index contributed by atoms with van der Waals surface area (Å²) in [6, 6.07) is 22.7. The van der Waals surface area contributed by atoms with Crippen molar-refractivity contribution in [3.05, 3.63) is 76.2 Å². The first-order valence-corrected chi connectivity index (χ1v) is 7.86. The average Bonchev–Trinajstić information content (AvgIpc) is 2.84. The zero-order valence-electron chi connectivity index (χ0n) is 11.1. The van der Waals surface area contributed by atoms with Crippen LogP contribution in [0.4, 0.5) is 0 Å². The first-order valence-electron chi connectivity index (χ1n) is 6.69. The fourth-order valence-corrected chi connectivity index (χ4v) is 3.50. The molecule has 0 fully saturated rings. The predicted molar refractivity (Wildman–Crippen MR) is 93.5 cm³/mol. The summed E-state index contributed by atoms with van der Waals surface area (Å²) in [6.07, 6.45) is 0. The van der Waals surface area contributed by atoms with Gasteiger partial charge in [0.2, 0.25) is 0 Å². The molecule has 0 unspecified atom stereocenters. The summed E-state index contributed by atoms with van der Waals surface area (Å²) in [5.74, 6) is 0. The third-order valence-corrected chi connectivity index (χ3v) is 4.62. The molecule has 0 aliphatic rings. The number of aromatic nitrogens is 1. The minimum atomic E-state index is 0.749. The highest BCUT2D eigenvalue weighted by Crippen LogP contribution is 2.35. The quantitative estimate of drug-likeness (QED) is 0.382. The van der Waals surface area contributed by atoms with E-state index < -0.39 is 0 Å². The Kier molecular flexibility index (Phi) is 3.02. The molecule has 0 aliphatic heterocycles. The Morgan fingerprint density at radius 3 is 2.29 bits per heavy atom. The van der Waals surface area contributed by atoms with Gasteiger partial charge in [0.05, 0.1) is 11.0 Å². The zero-order chi connectivity index (χ0) is 14.4. The lowest BCUT2D eigenvalue weighted by Gasteiger charge is -2.08. The third-order valence-electron chi connectivity index (χ3n) is 3.73. The van der Waals surface area contributed by atoms with Crippen LogP contribution in [0.1, 0.15) is 0 Å². The van der Waals surface area contributed by atoms with E-state index in [4.69, 9.17) is 11.6 Å². The highest BCUT2D eigenvalue weighted by atomic mass is 79.9. The fraction of sp³-hybridized carbons (Fsp3) is 0. The van der Waals surface area contributed by atoms with E-state index in [0.717, 1.165) is 15.2 Å². The maximum atomic E-state index is 6.02. The Morgan fingerprint density at radius 1 is 0.762 bits per heavy atom. The molecule has 0 bridgehead atoms. The minimum Gasteiger partial charge on any atom is -0.308 e. The monoisotopic (exact) mass is 355 g/mol. The van der Waals surface area contributed by atoms with Crippen LogP contribution in [-0.4, -0.2) is 4.57 Å².